The van der Waals surface area contributed by atoms with Crippen LogP contribution in [0.25, 0.3) is 10.6 Å². The second kappa shape index (κ2) is 8.39. The maximum absolute atomic E-state index is 13.8. The lowest BCUT2D eigenvalue weighted by atomic mass is 10.2. The van der Waals surface area contributed by atoms with Gasteiger partial charge in [-0.05, 0) is 34.5 Å². The molecule has 2 aromatic rings. The van der Waals surface area contributed by atoms with Crippen LogP contribution in [0.5, 0.6) is 0 Å². The van der Waals surface area contributed by atoms with Crippen molar-refractivity contribution in [3.63, 3.8) is 0 Å². The number of unbranched alkanes of at least 4 members (excludes halogenated alkanes) is 3. The van der Waals surface area contributed by atoms with E-state index in [9.17, 15) is 9.18 Å². The molecule has 3 nitrogen and oxygen atoms in total. The van der Waals surface area contributed by atoms with Crippen molar-refractivity contribution < 1.29 is 9.18 Å². The number of hydrogen-bond donors (Lipinski definition) is 1. The molecule has 1 aromatic carbocycles. The average molecular weight is 385 g/mol. The van der Waals surface area contributed by atoms with Gasteiger partial charge in [0.25, 0.3) is 5.91 Å². The van der Waals surface area contributed by atoms with Gasteiger partial charge in [0.1, 0.15) is 14.6 Å². The van der Waals surface area contributed by atoms with E-state index in [4.69, 9.17) is 0 Å². The number of halogens is 2. The fourth-order valence-electron chi connectivity index (χ4n) is 2.03. The molecule has 6 heteroatoms. The zero-order chi connectivity index (χ0) is 15.9. The first kappa shape index (κ1) is 17.1. The average Bonchev–Trinajstić information content (AvgIpc) is 2.89. The second-order valence-electron chi connectivity index (χ2n) is 4.94. The number of nitrogens with one attached hydrogen (secondary N) is 1. The van der Waals surface area contributed by atoms with Crippen molar-refractivity contribution in [3.8, 4) is 10.6 Å². The lowest BCUT2D eigenvalue weighted by Crippen LogP contribution is -2.25. The number of nitrogens with zero attached hydrogens (tertiary/aromatic N) is 1. The van der Waals surface area contributed by atoms with Gasteiger partial charge in [0, 0.05) is 12.1 Å². The van der Waals surface area contributed by atoms with Crippen LogP contribution in [0.1, 0.15) is 43.1 Å². The maximum Gasteiger partial charge on any atom is 0.271 e. The highest BCUT2D eigenvalue weighted by Gasteiger charge is 2.18. The lowest BCUT2D eigenvalue weighted by molar-refractivity contribution is 0.0948. The number of hydrogen-bond acceptors (Lipinski definition) is 3. The molecule has 0 aliphatic heterocycles. The van der Waals surface area contributed by atoms with Crippen LogP contribution in [0.2, 0.25) is 0 Å². The Morgan fingerprint density at radius 3 is 2.82 bits per heavy atom. The molecule has 0 saturated heterocycles. The zero-order valence-corrected chi connectivity index (χ0v) is 14.8. The molecule has 0 fully saturated rings. The minimum atomic E-state index is -0.338. The minimum Gasteiger partial charge on any atom is -0.351 e. The van der Waals surface area contributed by atoms with Crippen molar-refractivity contribution in [2.75, 3.05) is 6.54 Å². The largest absolute Gasteiger partial charge is 0.351 e. The molecule has 0 saturated carbocycles. The van der Waals surface area contributed by atoms with Gasteiger partial charge in [0.05, 0.1) is 0 Å². The van der Waals surface area contributed by atoms with E-state index in [-0.39, 0.29) is 11.7 Å². The summed E-state index contributed by atoms with van der Waals surface area (Å²) in [6.45, 7) is 2.78. The maximum atomic E-state index is 13.8. The summed E-state index contributed by atoms with van der Waals surface area (Å²) in [6, 6.07) is 6.43. The fourth-order valence-corrected chi connectivity index (χ4v) is 3.57. The highest BCUT2D eigenvalue weighted by atomic mass is 79.9. The molecular weight excluding hydrogens is 367 g/mol. The molecule has 1 amide bonds. The Labute approximate surface area is 142 Å². The molecule has 0 radical (unpaired) electrons. The molecule has 1 aromatic heterocycles. The first-order chi connectivity index (χ1) is 10.6. The Morgan fingerprint density at radius 1 is 1.32 bits per heavy atom. The van der Waals surface area contributed by atoms with Crippen LogP contribution < -0.4 is 5.32 Å². The van der Waals surface area contributed by atoms with Crippen LogP contribution in [0.4, 0.5) is 4.39 Å². The SMILES string of the molecule is CCCCCCNC(=O)c1nc(-c2ccccc2F)sc1Br. The summed E-state index contributed by atoms with van der Waals surface area (Å²) in [5, 5.41) is 3.36. The first-order valence-electron chi connectivity index (χ1n) is 7.33. The molecular formula is C16H18BrFN2OS. The molecule has 0 bridgehead atoms. The number of benzene rings is 1. The highest BCUT2D eigenvalue weighted by Crippen LogP contribution is 2.33. The van der Waals surface area contributed by atoms with E-state index in [1.54, 1.807) is 18.2 Å². The van der Waals surface area contributed by atoms with Crippen molar-refractivity contribution >= 4 is 33.2 Å². The first-order valence-corrected chi connectivity index (χ1v) is 8.94. The fraction of sp³-hybridized carbons (Fsp3) is 0.375. The van der Waals surface area contributed by atoms with Crippen LogP contribution in [0.3, 0.4) is 0 Å². The van der Waals surface area contributed by atoms with Gasteiger partial charge < -0.3 is 5.32 Å². The smallest absolute Gasteiger partial charge is 0.271 e. The van der Waals surface area contributed by atoms with E-state index >= 15 is 0 Å². The van der Waals surface area contributed by atoms with Gasteiger partial charge in [-0.25, -0.2) is 9.37 Å². The number of rotatable bonds is 7. The van der Waals surface area contributed by atoms with E-state index in [2.05, 4.69) is 33.2 Å². The molecule has 2 rings (SSSR count). The van der Waals surface area contributed by atoms with E-state index < -0.39 is 0 Å². The summed E-state index contributed by atoms with van der Waals surface area (Å²) in [4.78, 5) is 16.4. The molecule has 0 unspecified atom stereocenters. The van der Waals surface area contributed by atoms with Crippen molar-refractivity contribution in [1.29, 1.82) is 0 Å². The van der Waals surface area contributed by atoms with Gasteiger partial charge in [0.15, 0.2) is 5.69 Å². The van der Waals surface area contributed by atoms with Crippen molar-refractivity contribution in [2.24, 2.45) is 0 Å². The van der Waals surface area contributed by atoms with E-state index in [0.29, 0.717) is 26.6 Å². The van der Waals surface area contributed by atoms with E-state index in [0.717, 1.165) is 19.3 Å². The van der Waals surface area contributed by atoms with Crippen molar-refractivity contribution in [1.82, 2.24) is 10.3 Å². The molecule has 0 spiro atoms. The Balaban J connectivity index is 2.04. The van der Waals surface area contributed by atoms with Crippen molar-refractivity contribution in [3.05, 3.63) is 39.6 Å². The van der Waals surface area contributed by atoms with E-state index in [1.165, 1.54) is 23.8 Å². The van der Waals surface area contributed by atoms with Crippen LogP contribution in [-0.4, -0.2) is 17.4 Å². The summed E-state index contributed by atoms with van der Waals surface area (Å²) in [7, 11) is 0. The normalized spacial score (nSPS) is 10.7. The quantitative estimate of drug-likeness (QED) is 0.680. The zero-order valence-electron chi connectivity index (χ0n) is 12.4. The van der Waals surface area contributed by atoms with E-state index in [1.807, 2.05) is 0 Å². The molecule has 0 atom stereocenters. The third kappa shape index (κ3) is 4.36. The van der Waals surface area contributed by atoms with Crippen LogP contribution in [0.15, 0.2) is 28.1 Å². The predicted octanol–water partition coefficient (Wildman–Crippen LogP) is 5.02. The number of carbonyl (C=O) groups is 1. The predicted molar refractivity (Wildman–Crippen MR) is 91.7 cm³/mol. The number of aromatic nitrogens is 1. The van der Waals surface area contributed by atoms with Gasteiger partial charge in [0.2, 0.25) is 0 Å². The number of thiazole rings is 1. The summed E-state index contributed by atoms with van der Waals surface area (Å²) in [6.07, 6.45) is 4.41. The van der Waals surface area contributed by atoms with Gasteiger partial charge in [-0.1, -0.05) is 38.3 Å². The molecule has 22 heavy (non-hydrogen) atoms. The summed E-state index contributed by atoms with van der Waals surface area (Å²) >= 11 is 4.61. The summed E-state index contributed by atoms with van der Waals surface area (Å²) in [5.41, 5.74) is 0.731. The summed E-state index contributed by atoms with van der Waals surface area (Å²) < 4.78 is 14.4. The topological polar surface area (TPSA) is 42.0 Å². The Kier molecular flexibility index (Phi) is 6.51. The monoisotopic (exact) mass is 384 g/mol. The second-order valence-corrected chi connectivity index (χ2v) is 7.25. The Morgan fingerprint density at radius 2 is 2.09 bits per heavy atom. The molecule has 118 valence electrons. The standard InChI is InChI=1S/C16H18BrFN2OS/c1-2-3-4-7-10-19-15(21)13-14(17)22-16(20-13)11-8-5-6-9-12(11)18/h5-6,8-9H,2-4,7,10H2,1H3,(H,19,21). The Bertz CT molecular complexity index is 645. The molecule has 1 N–H and O–H groups in total. The summed E-state index contributed by atoms with van der Waals surface area (Å²) in [5.74, 6) is -0.558. The van der Waals surface area contributed by atoms with Gasteiger partial charge in [-0.2, -0.15) is 0 Å². The number of amides is 1. The Hall–Kier alpha value is -1.27. The number of carbonyl (C=O) groups excluding carboxylic acids is 1. The van der Waals surface area contributed by atoms with Crippen LogP contribution >= 0.6 is 27.3 Å². The van der Waals surface area contributed by atoms with Crippen LogP contribution in [-0.2, 0) is 0 Å². The minimum absolute atomic E-state index is 0.220. The lowest BCUT2D eigenvalue weighted by Gasteiger charge is -2.03. The van der Waals surface area contributed by atoms with Gasteiger partial charge in [-0.3, -0.25) is 4.79 Å². The van der Waals surface area contributed by atoms with Crippen molar-refractivity contribution in [2.45, 2.75) is 32.6 Å². The third-order valence-corrected chi connectivity index (χ3v) is 4.96. The molecule has 0 aliphatic rings. The van der Waals surface area contributed by atoms with Gasteiger partial charge >= 0.3 is 0 Å². The molecule has 1 heterocycles. The van der Waals surface area contributed by atoms with Crippen LogP contribution in [0, 0.1) is 5.82 Å². The third-order valence-electron chi connectivity index (χ3n) is 3.22. The van der Waals surface area contributed by atoms with Gasteiger partial charge in [-0.15, -0.1) is 11.3 Å². The highest BCUT2D eigenvalue weighted by molar-refractivity contribution is 9.11. The molecule has 0 aliphatic carbocycles.